The fraction of sp³-hybridized carbons (Fsp3) is 0.600. The molecule has 0 saturated carbocycles. The van der Waals surface area contributed by atoms with Crippen LogP contribution in [-0.2, 0) is 4.74 Å². The van der Waals surface area contributed by atoms with E-state index in [-0.39, 0.29) is 12.0 Å². The molecule has 1 fully saturated rings. The van der Waals surface area contributed by atoms with E-state index in [1.807, 2.05) is 20.8 Å². The van der Waals surface area contributed by atoms with Gasteiger partial charge >= 0.3 is 6.09 Å². The predicted molar refractivity (Wildman–Crippen MR) is 75.1 cm³/mol. The minimum Gasteiger partial charge on any atom is -0.444 e. The molecule has 1 aromatic heterocycles. The number of rotatable bonds is 2. The van der Waals surface area contributed by atoms with Gasteiger partial charge in [0.25, 0.3) is 0 Å². The highest BCUT2D eigenvalue weighted by molar-refractivity contribution is 5.68. The van der Waals surface area contributed by atoms with Gasteiger partial charge in [0.15, 0.2) is 0 Å². The summed E-state index contributed by atoms with van der Waals surface area (Å²) in [5, 5.41) is 10.3. The molecule has 2 rings (SSSR count). The molecular formula is C15H21FN2O3. The van der Waals surface area contributed by atoms with Crippen LogP contribution in [0.4, 0.5) is 9.18 Å². The zero-order valence-electron chi connectivity index (χ0n) is 12.5. The van der Waals surface area contributed by atoms with Gasteiger partial charge in [0.05, 0.1) is 12.3 Å². The molecule has 1 aliphatic heterocycles. The molecule has 2 atom stereocenters. The number of ether oxygens (including phenoxy) is 1. The van der Waals surface area contributed by atoms with Crippen LogP contribution in [0.3, 0.4) is 0 Å². The zero-order chi connectivity index (χ0) is 15.6. The van der Waals surface area contributed by atoms with Gasteiger partial charge in [-0.1, -0.05) is 0 Å². The van der Waals surface area contributed by atoms with Crippen LogP contribution in [0.25, 0.3) is 0 Å². The van der Waals surface area contributed by atoms with Crippen molar-refractivity contribution in [2.45, 2.75) is 38.9 Å². The van der Waals surface area contributed by atoms with Crippen LogP contribution in [-0.4, -0.2) is 39.8 Å². The number of amides is 1. The first-order chi connectivity index (χ1) is 9.76. The number of likely N-dealkylation sites (tertiary alicyclic amines) is 1. The Labute approximate surface area is 123 Å². The summed E-state index contributed by atoms with van der Waals surface area (Å²) < 4.78 is 18.5. The van der Waals surface area contributed by atoms with Gasteiger partial charge < -0.3 is 14.7 Å². The second-order valence-electron chi connectivity index (χ2n) is 6.36. The van der Waals surface area contributed by atoms with Gasteiger partial charge in [-0.25, -0.2) is 9.18 Å². The number of aliphatic hydroxyl groups is 1. The van der Waals surface area contributed by atoms with Gasteiger partial charge in [0.1, 0.15) is 11.4 Å². The largest absolute Gasteiger partial charge is 0.444 e. The van der Waals surface area contributed by atoms with Crippen LogP contribution in [0.5, 0.6) is 0 Å². The van der Waals surface area contributed by atoms with Crippen LogP contribution in [0, 0.1) is 11.7 Å². The Hall–Kier alpha value is -1.69. The van der Waals surface area contributed by atoms with Gasteiger partial charge in [-0.3, -0.25) is 4.98 Å². The fourth-order valence-corrected chi connectivity index (χ4v) is 2.40. The normalized spacial score (nSPS) is 20.4. The van der Waals surface area contributed by atoms with E-state index in [9.17, 15) is 14.3 Å². The van der Waals surface area contributed by atoms with Gasteiger partial charge in [-0.15, -0.1) is 0 Å². The number of carbonyl (C=O) groups is 1. The quantitative estimate of drug-likeness (QED) is 0.911. The van der Waals surface area contributed by atoms with E-state index in [1.165, 1.54) is 12.3 Å². The summed E-state index contributed by atoms with van der Waals surface area (Å²) in [6, 6.07) is 1.27. The zero-order valence-corrected chi connectivity index (χ0v) is 12.5. The average molecular weight is 296 g/mol. The standard InChI is InChI=1S/C15H21FN2O3/c1-15(2,3)21-14(20)18-5-4-10(9-18)13(19)11-6-12(16)8-17-7-11/h6-8,10,13,19H,4-5,9H2,1-3H3/t10-,13+/m0/s1. The Morgan fingerprint density at radius 2 is 2.24 bits per heavy atom. The van der Waals surface area contributed by atoms with Crippen LogP contribution in [0.1, 0.15) is 38.9 Å². The predicted octanol–water partition coefficient (Wildman–Crippen LogP) is 2.51. The molecule has 2 heterocycles. The molecule has 6 heteroatoms. The summed E-state index contributed by atoms with van der Waals surface area (Å²) in [7, 11) is 0. The molecule has 0 spiro atoms. The smallest absolute Gasteiger partial charge is 0.410 e. The van der Waals surface area contributed by atoms with Crippen molar-refractivity contribution in [2.75, 3.05) is 13.1 Å². The van der Waals surface area contributed by atoms with Gasteiger partial charge in [-0.2, -0.15) is 0 Å². The maximum absolute atomic E-state index is 13.1. The molecule has 1 amide bonds. The highest BCUT2D eigenvalue weighted by Gasteiger charge is 2.34. The van der Waals surface area contributed by atoms with Crippen LogP contribution < -0.4 is 0 Å². The fourth-order valence-electron chi connectivity index (χ4n) is 2.40. The molecular weight excluding hydrogens is 275 g/mol. The van der Waals surface area contributed by atoms with Crippen molar-refractivity contribution in [1.29, 1.82) is 0 Å². The van der Waals surface area contributed by atoms with Crippen LogP contribution >= 0.6 is 0 Å². The van der Waals surface area contributed by atoms with Crippen molar-refractivity contribution in [2.24, 2.45) is 5.92 Å². The lowest BCUT2D eigenvalue weighted by atomic mass is 9.96. The number of pyridine rings is 1. The van der Waals surface area contributed by atoms with Crippen molar-refractivity contribution in [3.05, 3.63) is 29.8 Å². The Morgan fingerprint density at radius 3 is 2.86 bits per heavy atom. The average Bonchev–Trinajstić information content (AvgIpc) is 2.85. The number of hydrogen-bond donors (Lipinski definition) is 1. The maximum Gasteiger partial charge on any atom is 0.410 e. The Morgan fingerprint density at radius 1 is 1.52 bits per heavy atom. The summed E-state index contributed by atoms with van der Waals surface area (Å²) >= 11 is 0. The summed E-state index contributed by atoms with van der Waals surface area (Å²) in [5.74, 6) is -0.616. The van der Waals surface area contributed by atoms with Gasteiger partial charge in [0, 0.05) is 30.8 Å². The van der Waals surface area contributed by atoms with E-state index in [4.69, 9.17) is 4.74 Å². The third kappa shape index (κ3) is 4.14. The molecule has 0 aliphatic carbocycles. The van der Waals surface area contributed by atoms with E-state index < -0.39 is 17.5 Å². The number of aromatic nitrogens is 1. The molecule has 116 valence electrons. The number of halogens is 1. The van der Waals surface area contributed by atoms with Crippen molar-refractivity contribution < 1.29 is 19.0 Å². The number of nitrogens with zero attached hydrogens (tertiary/aromatic N) is 2. The summed E-state index contributed by atoms with van der Waals surface area (Å²) in [6.45, 7) is 6.36. The minimum absolute atomic E-state index is 0.138. The Kier molecular flexibility index (Phi) is 4.46. The molecule has 1 saturated heterocycles. The van der Waals surface area contributed by atoms with Crippen molar-refractivity contribution in [1.82, 2.24) is 9.88 Å². The summed E-state index contributed by atoms with van der Waals surface area (Å²) in [4.78, 5) is 17.3. The lowest BCUT2D eigenvalue weighted by Gasteiger charge is -2.25. The van der Waals surface area contributed by atoms with E-state index in [0.29, 0.717) is 25.1 Å². The third-order valence-corrected chi connectivity index (χ3v) is 3.39. The van der Waals surface area contributed by atoms with E-state index in [0.717, 1.165) is 6.20 Å². The molecule has 1 aliphatic rings. The van der Waals surface area contributed by atoms with E-state index in [2.05, 4.69) is 4.98 Å². The highest BCUT2D eigenvalue weighted by Crippen LogP contribution is 2.30. The number of carbonyl (C=O) groups excluding carboxylic acids is 1. The molecule has 0 bridgehead atoms. The molecule has 5 nitrogen and oxygen atoms in total. The van der Waals surface area contributed by atoms with E-state index >= 15 is 0 Å². The second-order valence-corrected chi connectivity index (χ2v) is 6.36. The van der Waals surface area contributed by atoms with Crippen molar-refractivity contribution >= 4 is 6.09 Å². The lowest BCUT2D eigenvalue weighted by Crippen LogP contribution is -2.35. The molecule has 1 aromatic rings. The monoisotopic (exact) mass is 296 g/mol. The van der Waals surface area contributed by atoms with Crippen molar-refractivity contribution in [3.63, 3.8) is 0 Å². The Balaban J connectivity index is 1.97. The summed E-state index contributed by atoms with van der Waals surface area (Å²) in [6.07, 6.45) is 1.98. The summed E-state index contributed by atoms with van der Waals surface area (Å²) in [5.41, 5.74) is -0.105. The first-order valence-corrected chi connectivity index (χ1v) is 7.03. The minimum atomic E-state index is -0.833. The topological polar surface area (TPSA) is 62.7 Å². The van der Waals surface area contributed by atoms with Gasteiger partial charge in [-0.05, 0) is 33.3 Å². The van der Waals surface area contributed by atoms with Crippen LogP contribution in [0.15, 0.2) is 18.5 Å². The van der Waals surface area contributed by atoms with Crippen molar-refractivity contribution in [3.8, 4) is 0 Å². The Bertz CT molecular complexity index is 516. The SMILES string of the molecule is CC(C)(C)OC(=O)N1CC[C@H]([C@@H](O)c2cncc(F)c2)C1. The first kappa shape index (κ1) is 15.7. The molecule has 0 unspecified atom stereocenters. The number of aliphatic hydroxyl groups excluding tert-OH is 1. The molecule has 1 N–H and O–H groups in total. The highest BCUT2D eigenvalue weighted by atomic mass is 19.1. The maximum atomic E-state index is 13.1. The molecule has 0 radical (unpaired) electrons. The lowest BCUT2D eigenvalue weighted by molar-refractivity contribution is 0.0268. The molecule has 21 heavy (non-hydrogen) atoms. The molecule has 0 aromatic carbocycles. The number of hydrogen-bond acceptors (Lipinski definition) is 4. The van der Waals surface area contributed by atoms with Crippen LogP contribution in [0.2, 0.25) is 0 Å². The first-order valence-electron chi connectivity index (χ1n) is 7.03. The second kappa shape index (κ2) is 5.97. The van der Waals surface area contributed by atoms with E-state index in [1.54, 1.807) is 4.90 Å². The van der Waals surface area contributed by atoms with Gasteiger partial charge in [0.2, 0.25) is 0 Å². The third-order valence-electron chi connectivity index (χ3n) is 3.39.